The first kappa shape index (κ1) is 16.1. The minimum atomic E-state index is -0.529. The Morgan fingerprint density at radius 3 is 2.81 bits per heavy atom. The number of anilines is 1. The van der Waals surface area contributed by atoms with Crippen LogP contribution in [0, 0.1) is 11.6 Å². The predicted octanol–water partition coefficient (Wildman–Crippen LogP) is 0.556. The van der Waals surface area contributed by atoms with E-state index >= 15 is 0 Å². The average molecular weight is 316 g/mol. The lowest BCUT2D eigenvalue weighted by molar-refractivity contribution is -0.908. The highest BCUT2D eigenvalue weighted by Gasteiger charge is 2.12. The van der Waals surface area contributed by atoms with Gasteiger partial charge in [-0.05, 0) is 24.4 Å². The quantitative estimate of drug-likeness (QED) is 0.548. The van der Waals surface area contributed by atoms with Crippen LogP contribution in [0.3, 0.4) is 0 Å². The van der Waals surface area contributed by atoms with E-state index in [2.05, 4.69) is 10.6 Å². The first-order valence-electron chi connectivity index (χ1n) is 7.06. The van der Waals surface area contributed by atoms with Gasteiger partial charge in [0, 0.05) is 19.0 Å². The van der Waals surface area contributed by atoms with Gasteiger partial charge in [-0.3, -0.25) is 0 Å². The van der Waals surface area contributed by atoms with Crippen LogP contribution >= 0.6 is 12.2 Å². The maximum absolute atomic E-state index is 13.4. The molecule has 0 aromatic heterocycles. The largest absolute Gasteiger partial charge is 0.370 e. The molecule has 1 fully saturated rings. The molecule has 0 bridgehead atoms. The summed E-state index contributed by atoms with van der Waals surface area (Å²) in [5.41, 5.74) is 0.0475. The van der Waals surface area contributed by atoms with Crippen molar-refractivity contribution in [2.24, 2.45) is 0 Å². The van der Waals surface area contributed by atoms with Crippen LogP contribution in [0.25, 0.3) is 0 Å². The van der Waals surface area contributed by atoms with Crippen LogP contribution in [0.4, 0.5) is 14.5 Å². The van der Waals surface area contributed by atoms with Gasteiger partial charge in [0.05, 0.1) is 25.4 Å². The summed E-state index contributed by atoms with van der Waals surface area (Å²) in [4.78, 5) is 1.53. The lowest BCUT2D eigenvalue weighted by atomic mass is 10.3. The molecule has 7 heteroatoms. The van der Waals surface area contributed by atoms with Crippen molar-refractivity contribution in [3.63, 3.8) is 0 Å². The Morgan fingerprint density at radius 2 is 2.05 bits per heavy atom. The van der Waals surface area contributed by atoms with Gasteiger partial charge < -0.3 is 20.3 Å². The van der Waals surface area contributed by atoms with Crippen LogP contribution in [0.1, 0.15) is 6.42 Å². The third-order valence-electron chi connectivity index (χ3n) is 3.37. The number of hydrogen-bond donors (Lipinski definition) is 3. The number of morpholine rings is 1. The zero-order valence-electron chi connectivity index (χ0n) is 11.8. The van der Waals surface area contributed by atoms with Gasteiger partial charge in [0.15, 0.2) is 5.11 Å². The van der Waals surface area contributed by atoms with E-state index < -0.39 is 11.6 Å². The van der Waals surface area contributed by atoms with Crippen LogP contribution in [0.5, 0.6) is 0 Å². The molecule has 1 aromatic rings. The van der Waals surface area contributed by atoms with Gasteiger partial charge in [-0.1, -0.05) is 0 Å². The standard InChI is InChI=1S/C14H19F2N3OS/c15-11-2-3-12(16)13(10-11)18-14(21)17-4-1-5-19-6-8-20-9-7-19/h2-3,10H,1,4-9H2,(H2,17,18,21)/p+1. The van der Waals surface area contributed by atoms with Gasteiger partial charge in [-0.25, -0.2) is 8.78 Å². The van der Waals surface area contributed by atoms with Crippen LogP contribution in [0.2, 0.25) is 0 Å². The van der Waals surface area contributed by atoms with E-state index in [-0.39, 0.29) is 5.69 Å². The second kappa shape index (κ2) is 8.21. The Morgan fingerprint density at radius 1 is 1.29 bits per heavy atom. The lowest BCUT2D eigenvalue weighted by Gasteiger charge is -2.23. The highest BCUT2D eigenvalue weighted by Crippen LogP contribution is 2.14. The molecular weight excluding hydrogens is 296 g/mol. The van der Waals surface area contributed by atoms with Crippen molar-refractivity contribution in [1.29, 1.82) is 0 Å². The van der Waals surface area contributed by atoms with Crippen LogP contribution < -0.4 is 15.5 Å². The number of hydrogen-bond acceptors (Lipinski definition) is 2. The molecule has 116 valence electrons. The molecule has 0 aliphatic carbocycles. The zero-order chi connectivity index (χ0) is 15.1. The Labute approximate surface area is 128 Å². The average Bonchev–Trinajstić information content (AvgIpc) is 2.48. The normalized spacial score (nSPS) is 15.7. The number of ether oxygens (including phenoxy) is 1. The Hall–Kier alpha value is -1.31. The fourth-order valence-electron chi connectivity index (χ4n) is 2.21. The second-order valence-corrected chi connectivity index (χ2v) is 5.38. The summed E-state index contributed by atoms with van der Waals surface area (Å²) in [6.45, 7) is 5.47. The van der Waals surface area contributed by atoms with Crippen LogP contribution in [0.15, 0.2) is 18.2 Å². The van der Waals surface area contributed by atoms with Gasteiger partial charge in [-0.15, -0.1) is 0 Å². The van der Waals surface area contributed by atoms with Gasteiger partial charge in [-0.2, -0.15) is 0 Å². The summed E-state index contributed by atoms with van der Waals surface area (Å²) >= 11 is 5.07. The van der Waals surface area contributed by atoms with Crippen molar-refractivity contribution in [2.45, 2.75) is 6.42 Å². The van der Waals surface area contributed by atoms with Crippen LogP contribution in [-0.2, 0) is 4.74 Å². The molecule has 1 aliphatic rings. The number of rotatable bonds is 5. The molecular formula is C14H20F2N3OS+. The van der Waals surface area contributed by atoms with Crippen molar-refractivity contribution < 1.29 is 18.4 Å². The summed E-state index contributed by atoms with van der Waals surface area (Å²) in [6, 6.07) is 3.23. The van der Waals surface area contributed by atoms with Crippen molar-refractivity contribution in [1.82, 2.24) is 5.32 Å². The maximum Gasteiger partial charge on any atom is 0.170 e. The van der Waals surface area contributed by atoms with Gasteiger partial charge in [0.1, 0.15) is 24.7 Å². The highest BCUT2D eigenvalue weighted by molar-refractivity contribution is 7.80. The molecule has 4 nitrogen and oxygen atoms in total. The molecule has 1 heterocycles. The maximum atomic E-state index is 13.4. The Kier molecular flexibility index (Phi) is 6.28. The van der Waals surface area contributed by atoms with Crippen molar-refractivity contribution in [3.05, 3.63) is 29.8 Å². The molecule has 0 spiro atoms. The summed E-state index contributed by atoms with van der Waals surface area (Å²) in [5.74, 6) is -1.03. The number of nitrogens with one attached hydrogen (secondary N) is 3. The summed E-state index contributed by atoms with van der Waals surface area (Å²) in [6.07, 6.45) is 0.961. The summed E-state index contributed by atoms with van der Waals surface area (Å²) < 4.78 is 31.8. The molecule has 0 radical (unpaired) electrons. The minimum absolute atomic E-state index is 0.0475. The molecule has 1 aromatic carbocycles. The molecule has 0 atom stereocenters. The molecule has 0 amide bonds. The van der Waals surface area contributed by atoms with Crippen molar-refractivity contribution in [3.8, 4) is 0 Å². The second-order valence-electron chi connectivity index (χ2n) is 4.97. The van der Waals surface area contributed by atoms with Crippen molar-refractivity contribution >= 4 is 23.0 Å². The van der Waals surface area contributed by atoms with E-state index in [0.717, 1.165) is 57.5 Å². The minimum Gasteiger partial charge on any atom is -0.370 e. The van der Waals surface area contributed by atoms with E-state index in [1.807, 2.05) is 0 Å². The molecule has 2 rings (SSSR count). The van der Waals surface area contributed by atoms with E-state index in [1.54, 1.807) is 0 Å². The first-order chi connectivity index (χ1) is 10.1. The molecule has 0 unspecified atom stereocenters. The third-order valence-corrected chi connectivity index (χ3v) is 3.62. The number of quaternary nitrogens is 1. The van der Waals surface area contributed by atoms with Crippen LogP contribution in [-0.4, -0.2) is 44.5 Å². The summed E-state index contributed by atoms with van der Waals surface area (Å²) in [7, 11) is 0. The third kappa shape index (κ3) is 5.53. The number of halogens is 2. The van der Waals surface area contributed by atoms with E-state index in [9.17, 15) is 8.78 Å². The fourth-order valence-corrected chi connectivity index (χ4v) is 2.42. The highest BCUT2D eigenvalue weighted by atomic mass is 32.1. The van der Waals surface area contributed by atoms with E-state index in [1.165, 1.54) is 4.90 Å². The molecule has 3 N–H and O–H groups in total. The summed E-state index contributed by atoms with van der Waals surface area (Å²) in [5, 5.41) is 5.97. The zero-order valence-corrected chi connectivity index (χ0v) is 12.6. The predicted molar refractivity (Wildman–Crippen MR) is 81.6 cm³/mol. The molecule has 1 aliphatic heterocycles. The molecule has 1 saturated heterocycles. The monoisotopic (exact) mass is 316 g/mol. The molecule has 21 heavy (non-hydrogen) atoms. The van der Waals surface area contributed by atoms with Gasteiger partial charge >= 0.3 is 0 Å². The Balaban J connectivity index is 1.66. The van der Waals surface area contributed by atoms with Gasteiger partial charge in [0.25, 0.3) is 0 Å². The smallest absolute Gasteiger partial charge is 0.170 e. The SMILES string of the molecule is Fc1ccc(F)c(NC(=S)NCCC[NH+]2CCOCC2)c1. The first-order valence-corrected chi connectivity index (χ1v) is 7.47. The lowest BCUT2D eigenvalue weighted by Crippen LogP contribution is -3.14. The fraction of sp³-hybridized carbons (Fsp3) is 0.500. The number of thiocarbonyl (C=S) groups is 1. The number of benzene rings is 1. The molecule has 0 saturated carbocycles. The van der Waals surface area contributed by atoms with Crippen molar-refractivity contribution in [2.75, 3.05) is 44.7 Å². The van der Waals surface area contributed by atoms with E-state index in [0.29, 0.717) is 11.7 Å². The van der Waals surface area contributed by atoms with E-state index in [4.69, 9.17) is 17.0 Å². The Bertz CT molecular complexity index is 481. The topological polar surface area (TPSA) is 37.7 Å². The van der Waals surface area contributed by atoms with Gasteiger partial charge in [0.2, 0.25) is 0 Å².